The van der Waals surface area contributed by atoms with Gasteiger partial charge in [0.05, 0.1) is 24.3 Å². The third kappa shape index (κ3) is 6.24. The van der Waals surface area contributed by atoms with Gasteiger partial charge >= 0.3 is 6.09 Å². The lowest BCUT2D eigenvalue weighted by molar-refractivity contribution is -0.141. The molecule has 1 aliphatic carbocycles. The number of alkyl carbamates (subject to hydrolysis) is 1. The maximum atomic E-state index is 13.5. The predicted octanol–water partition coefficient (Wildman–Crippen LogP) is 4.22. The molecule has 10 heteroatoms. The molecule has 42 heavy (non-hydrogen) atoms. The fourth-order valence-electron chi connectivity index (χ4n) is 6.64. The fourth-order valence-corrected chi connectivity index (χ4v) is 6.92. The lowest BCUT2D eigenvalue weighted by atomic mass is 9.72. The summed E-state index contributed by atoms with van der Waals surface area (Å²) in [7, 11) is 1.31. The Balaban J connectivity index is 1.50. The van der Waals surface area contributed by atoms with Gasteiger partial charge in [0, 0.05) is 65.2 Å². The van der Waals surface area contributed by atoms with E-state index in [1.807, 2.05) is 47.4 Å². The van der Waals surface area contributed by atoms with Crippen LogP contribution < -0.4 is 11.1 Å². The molecule has 5 N–H and O–H groups in total. The Morgan fingerprint density at radius 2 is 2.02 bits per heavy atom. The number of hydrogen-bond donors (Lipinski definition) is 4. The number of hydrogen-bond acceptors (Lipinski definition) is 7. The van der Waals surface area contributed by atoms with Crippen molar-refractivity contribution < 1.29 is 24.5 Å². The lowest BCUT2D eigenvalue weighted by Crippen LogP contribution is -2.49. The van der Waals surface area contributed by atoms with Crippen LogP contribution in [0.3, 0.4) is 0 Å². The van der Waals surface area contributed by atoms with Crippen molar-refractivity contribution in [1.82, 2.24) is 15.2 Å². The number of carbonyl (C=O) groups excluding carboxylic acids is 2. The molecular weight excluding hydrogens is 556 g/mol. The number of piperidine rings is 1. The van der Waals surface area contributed by atoms with Crippen molar-refractivity contribution in [1.29, 1.82) is 0 Å². The molecule has 2 aromatic carbocycles. The molecule has 5 rings (SSSR count). The number of benzene rings is 2. The first-order chi connectivity index (χ1) is 20.2. The van der Waals surface area contributed by atoms with E-state index in [-0.39, 0.29) is 17.7 Å². The minimum absolute atomic E-state index is 0.0218. The second-order valence-corrected chi connectivity index (χ2v) is 12.0. The molecule has 1 aromatic heterocycles. The van der Waals surface area contributed by atoms with Crippen LogP contribution in [0.5, 0.6) is 0 Å². The summed E-state index contributed by atoms with van der Waals surface area (Å²) in [5, 5.41) is 27.1. The Hall–Kier alpha value is -3.24. The van der Waals surface area contributed by atoms with Crippen molar-refractivity contribution in [2.24, 2.45) is 17.6 Å². The number of para-hydroxylation sites is 1. The molecule has 0 spiro atoms. The number of likely N-dealkylation sites (tertiary alicyclic amines) is 1. The van der Waals surface area contributed by atoms with Crippen molar-refractivity contribution in [2.75, 3.05) is 26.7 Å². The molecule has 1 saturated carbocycles. The Labute approximate surface area is 251 Å². The second kappa shape index (κ2) is 13.0. The quantitative estimate of drug-likeness (QED) is 0.287. The molecular formula is C32H39ClN4O5. The average molecular weight is 595 g/mol. The fraction of sp³-hybridized carbons (Fsp3) is 0.469. The summed E-state index contributed by atoms with van der Waals surface area (Å²) in [6, 6.07) is 15.0. The Bertz CT molecular complexity index is 1430. The number of nitrogens with one attached hydrogen (secondary N) is 1. The van der Waals surface area contributed by atoms with Crippen LogP contribution in [0.15, 0.2) is 54.7 Å². The minimum atomic E-state index is -1.37. The number of nitrogens with two attached hydrogens (primary N) is 1. The third-order valence-corrected chi connectivity index (χ3v) is 9.20. The van der Waals surface area contributed by atoms with Gasteiger partial charge in [-0.3, -0.25) is 9.78 Å². The van der Waals surface area contributed by atoms with Gasteiger partial charge in [-0.25, -0.2) is 4.79 Å². The number of aliphatic hydroxyl groups excluding tert-OH is 1. The Kier molecular flexibility index (Phi) is 9.32. The van der Waals surface area contributed by atoms with E-state index in [4.69, 9.17) is 22.1 Å². The van der Waals surface area contributed by atoms with E-state index in [9.17, 15) is 19.8 Å². The molecule has 2 aliphatic rings. The lowest BCUT2D eigenvalue weighted by Gasteiger charge is -2.44. The monoisotopic (exact) mass is 594 g/mol. The van der Waals surface area contributed by atoms with Gasteiger partial charge < -0.3 is 30.9 Å². The zero-order chi connectivity index (χ0) is 29.9. The van der Waals surface area contributed by atoms with Crippen LogP contribution in [0.2, 0.25) is 5.02 Å². The molecule has 3 aromatic rings. The smallest absolute Gasteiger partial charge is 0.406 e. The number of aromatic nitrogens is 1. The number of ether oxygens (including phenoxy) is 1. The van der Waals surface area contributed by atoms with Crippen molar-refractivity contribution >= 4 is 34.5 Å². The first kappa shape index (κ1) is 30.2. The molecule has 2 fully saturated rings. The Morgan fingerprint density at radius 1 is 1.21 bits per heavy atom. The van der Waals surface area contributed by atoms with E-state index in [0.717, 1.165) is 22.9 Å². The summed E-state index contributed by atoms with van der Waals surface area (Å²) in [5.74, 6) is -0.637. The number of rotatable bonds is 8. The molecule has 1 saturated heterocycles. The van der Waals surface area contributed by atoms with E-state index < -0.39 is 23.8 Å². The number of nitrogens with zero attached hydrogens (tertiary/aromatic N) is 2. The van der Waals surface area contributed by atoms with Gasteiger partial charge in [0.15, 0.2) is 0 Å². The second-order valence-electron chi connectivity index (χ2n) is 11.5. The summed E-state index contributed by atoms with van der Waals surface area (Å²) in [6.45, 7) is 1.27. The predicted molar refractivity (Wildman–Crippen MR) is 162 cm³/mol. The summed E-state index contributed by atoms with van der Waals surface area (Å²) < 4.78 is 4.71. The van der Waals surface area contributed by atoms with Crippen molar-refractivity contribution in [2.45, 2.75) is 56.3 Å². The molecule has 9 nitrogen and oxygen atoms in total. The van der Waals surface area contributed by atoms with Crippen LogP contribution in [0.1, 0.15) is 44.1 Å². The van der Waals surface area contributed by atoms with Crippen LogP contribution >= 0.6 is 11.6 Å². The number of amides is 2. The normalized spacial score (nSPS) is 23.9. The molecule has 1 aliphatic heterocycles. The van der Waals surface area contributed by atoms with Gasteiger partial charge in [0.25, 0.3) is 0 Å². The number of methoxy groups -OCH3 is 1. The topological polar surface area (TPSA) is 138 Å². The van der Waals surface area contributed by atoms with Crippen LogP contribution in [-0.4, -0.2) is 71.0 Å². The van der Waals surface area contributed by atoms with E-state index in [0.29, 0.717) is 67.9 Å². The van der Waals surface area contributed by atoms with Crippen molar-refractivity contribution in [3.63, 3.8) is 0 Å². The highest BCUT2D eigenvalue weighted by Crippen LogP contribution is 2.46. The standard InChI is InChI=1S/C32H39ClN4O5/c1-42-31(40)35-13-6-12-32(41,23-8-5-14-37(19-23)30(39)21-16-26(34)28(38)17-21)24-9-4-10-25(33)29(24)22-15-20-7-2-3-11-27(20)36-18-22/h2-4,7,9-11,15,18,21,23,26,28,38,41H,5-6,8,12-14,16-17,19,34H2,1H3,(H,35,40). The van der Waals surface area contributed by atoms with Gasteiger partial charge in [0.2, 0.25) is 5.91 Å². The summed E-state index contributed by atoms with van der Waals surface area (Å²) in [6.07, 6.45) is 3.62. The van der Waals surface area contributed by atoms with Crippen LogP contribution in [0, 0.1) is 11.8 Å². The minimum Gasteiger partial charge on any atom is -0.453 e. The summed E-state index contributed by atoms with van der Waals surface area (Å²) >= 11 is 6.86. The van der Waals surface area contributed by atoms with Crippen LogP contribution in [0.25, 0.3) is 22.0 Å². The van der Waals surface area contributed by atoms with Gasteiger partial charge in [-0.1, -0.05) is 41.9 Å². The highest BCUT2D eigenvalue weighted by molar-refractivity contribution is 6.33. The zero-order valence-corrected chi connectivity index (χ0v) is 24.6. The Morgan fingerprint density at radius 3 is 2.79 bits per heavy atom. The third-order valence-electron chi connectivity index (χ3n) is 8.88. The summed E-state index contributed by atoms with van der Waals surface area (Å²) in [5.41, 5.74) is 7.67. The van der Waals surface area contributed by atoms with Gasteiger partial charge in [-0.2, -0.15) is 0 Å². The highest BCUT2D eigenvalue weighted by Gasteiger charge is 2.44. The van der Waals surface area contributed by atoms with Gasteiger partial charge in [-0.15, -0.1) is 0 Å². The van der Waals surface area contributed by atoms with Crippen LogP contribution in [-0.2, 0) is 15.1 Å². The zero-order valence-electron chi connectivity index (χ0n) is 23.8. The number of aliphatic hydroxyl groups is 2. The van der Waals surface area contributed by atoms with Gasteiger partial charge in [0.1, 0.15) is 0 Å². The highest BCUT2D eigenvalue weighted by atomic mass is 35.5. The van der Waals surface area contributed by atoms with Crippen molar-refractivity contribution in [3.8, 4) is 11.1 Å². The van der Waals surface area contributed by atoms with Crippen molar-refractivity contribution in [3.05, 3.63) is 65.3 Å². The maximum absolute atomic E-state index is 13.5. The molecule has 0 bridgehead atoms. The van der Waals surface area contributed by atoms with E-state index in [1.54, 1.807) is 12.3 Å². The number of halogens is 1. The maximum Gasteiger partial charge on any atom is 0.406 e. The van der Waals surface area contributed by atoms with E-state index >= 15 is 0 Å². The molecule has 5 atom stereocenters. The molecule has 5 unspecified atom stereocenters. The first-order valence-electron chi connectivity index (χ1n) is 14.6. The molecule has 0 radical (unpaired) electrons. The largest absolute Gasteiger partial charge is 0.453 e. The average Bonchev–Trinajstić information content (AvgIpc) is 3.35. The van der Waals surface area contributed by atoms with Crippen LogP contribution in [0.4, 0.5) is 4.79 Å². The molecule has 224 valence electrons. The molecule has 2 amide bonds. The van der Waals surface area contributed by atoms with Gasteiger partial charge in [-0.05, 0) is 62.3 Å². The van der Waals surface area contributed by atoms with E-state index in [1.165, 1.54) is 7.11 Å². The summed E-state index contributed by atoms with van der Waals surface area (Å²) in [4.78, 5) is 31.7. The van der Waals surface area contributed by atoms with E-state index in [2.05, 4.69) is 10.3 Å². The number of fused-ring (bicyclic) bond motifs is 1. The number of pyridine rings is 1. The number of carbonyl (C=O) groups is 2. The SMILES string of the molecule is COC(=O)NCCCC(O)(c1cccc(Cl)c1-c1cnc2ccccc2c1)C1CCCN(C(=O)C2CC(N)C(O)C2)C1. The molecule has 2 heterocycles. The first-order valence-corrected chi connectivity index (χ1v) is 15.0.